The summed E-state index contributed by atoms with van der Waals surface area (Å²) in [5, 5.41) is 3.03. The molecule has 2 saturated carbocycles. The molecule has 0 saturated heterocycles. The van der Waals surface area contributed by atoms with E-state index in [1.165, 1.54) is 145 Å². The first-order valence-corrected chi connectivity index (χ1v) is 49.1. The molecule has 2 atom stereocenters. The van der Waals surface area contributed by atoms with Crippen LogP contribution in [0.25, 0.3) is 34.4 Å². The molecule has 0 N–H and O–H groups in total. The molecule has 343 valence electrons. The Kier molecular flexibility index (Phi) is 14.3. The van der Waals surface area contributed by atoms with Gasteiger partial charge in [0.05, 0.1) is 0 Å². The second-order valence-corrected chi connectivity index (χ2v) is 76.6. The fourth-order valence-corrected chi connectivity index (χ4v) is 47.4. The second-order valence-electron chi connectivity index (χ2n) is 23.9. The van der Waals surface area contributed by atoms with Crippen LogP contribution in [0.4, 0.5) is 0 Å². The topological polar surface area (TPSA) is 0 Å². The van der Waals surface area contributed by atoms with Crippen LogP contribution in [0.5, 0.6) is 0 Å². The summed E-state index contributed by atoms with van der Waals surface area (Å²) in [7, 11) is 15.9. The Hall–Kier alpha value is -1.53. The van der Waals surface area contributed by atoms with Gasteiger partial charge in [-0.05, 0) is 0 Å². The van der Waals surface area contributed by atoms with Crippen molar-refractivity contribution in [1.82, 2.24) is 0 Å². The number of fused-ring (bicyclic) bond motifs is 2. The van der Waals surface area contributed by atoms with Crippen molar-refractivity contribution in [2.45, 2.75) is 176 Å². The van der Waals surface area contributed by atoms with Crippen LogP contribution >= 0.6 is 17.0 Å². The zero-order valence-electron chi connectivity index (χ0n) is 41.5. The predicted octanol–water partition coefficient (Wildman–Crippen LogP) is 17.9. The van der Waals surface area contributed by atoms with Crippen LogP contribution in [-0.2, 0) is 15.6 Å². The van der Waals surface area contributed by atoms with Crippen LogP contribution in [0.15, 0.2) is 96.1 Å². The average Bonchev–Trinajstić information content (AvgIpc) is 3.82. The summed E-state index contributed by atoms with van der Waals surface area (Å²) in [5.74, 6) is -1.77. The summed E-state index contributed by atoms with van der Waals surface area (Å²) < 4.78 is 0.214. The van der Waals surface area contributed by atoms with Crippen LogP contribution in [-0.4, -0.2) is 22.1 Å². The number of halogens is 2. The monoisotopic (exact) mass is 1020 g/mol. The Morgan fingerprint density at radius 3 is 1.20 bits per heavy atom. The molecule has 0 spiro atoms. The van der Waals surface area contributed by atoms with E-state index in [1.807, 2.05) is 0 Å². The Balaban J connectivity index is 1.36. The number of benzene rings is 4. The van der Waals surface area contributed by atoms with Crippen LogP contribution in [0, 0.1) is 10.8 Å². The van der Waals surface area contributed by atoms with Gasteiger partial charge in [-0.2, -0.15) is 0 Å². The first kappa shape index (κ1) is 48.9. The molecule has 4 aromatic carbocycles. The van der Waals surface area contributed by atoms with Gasteiger partial charge in [-0.1, -0.05) is 0 Å². The fraction of sp³-hybridized carbons (Fsp3) is 0.517. The third-order valence-electron chi connectivity index (χ3n) is 17.2. The number of hydrogen-bond acceptors (Lipinski definition) is 0. The van der Waals surface area contributed by atoms with E-state index in [0.29, 0.717) is 10.8 Å². The van der Waals surface area contributed by atoms with Crippen molar-refractivity contribution in [3.05, 3.63) is 118 Å². The van der Waals surface area contributed by atoms with Crippen molar-refractivity contribution in [3.8, 4) is 22.3 Å². The van der Waals surface area contributed by atoms with Gasteiger partial charge in [-0.15, -0.1) is 0 Å². The molecule has 4 aromatic rings. The summed E-state index contributed by atoms with van der Waals surface area (Å²) >= 11 is -5.15. The van der Waals surface area contributed by atoms with Gasteiger partial charge in [-0.3, -0.25) is 0 Å². The standard InChI is InChI=1S/2C28H37Si.C2H7Si.2ClH.Zr/c2*1-5-16-28(17-7-6-8-18-28)21-22-19-24-10-9-11-26(27(24)20-22)23-12-14-25(15-13-23)29(2,3)4;1-3-2;;;/h2*9-15,19-20H,5-8,16-18,21H2,1-4H3;3H,1-2H3;2*1H;/q;;;;;+2/p-2. The van der Waals surface area contributed by atoms with Gasteiger partial charge in [0.2, 0.25) is 0 Å². The van der Waals surface area contributed by atoms with Crippen LogP contribution in [0.1, 0.15) is 146 Å². The van der Waals surface area contributed by atoms with Gasteiger partial charge in [0.1, 0.15) is 0 Å². The second kappa shape index (κ2) is 18.8. The van der Waals surface area contributed by atoms with Crippen molar-refractivity contribution < 1.29 is 15.6 Å². The van der Waals surface area contributed by atoms with Crippen molar-refractivity contribution in [2.75, 3.05) is 0 Å². The molecule has 0 nitrogen and oxygen atoms in total. The molecular formula is C58H81Cl2Si3Zr. The van der Waals surface area contributed by atoms with Gasteiger partial charge in [0.15, 0.2) is 0 Å². The molecule has 2 fully saturated rings. The minimum atomic E-state index is -5.15. The maximum absolute atomic E-state index is 9.37. The molecule has 0 amide bonds. The molecule has 0 aliphatic heterocycles. The molecule has 4 aliphatic carbocycles. The zero-order valence-corrected chi connectivity index (χ0v) is 48.7. The van der Waals surface area contributed by atoms with E-state index < -0.39 is 37.6 Å². The summed E-state index contributed by atoms with van der Waals surface area (Å²) in [6.45, 7) is 24.7. The van der Waals surface area contributed by atoms with Crippen LogP contribution in [0.2, 0.25) is 52.4 Å². The summed E-state index contributed by atoms with van der Waals surface area (Å²) in [4.78, 5) is 0. The number of hydrogen-bond donors (Lipinski definition) is 0. The first-order chi connectivity index (χ1) is 30.3. The normalized spacial score (nSPS) is 21.5. The van der Waals surface area contributed by atoms with E-state index >= 15 is 0 Å². The summed E-state index contributed by atoms with van der Waals surface area (Å²) in [6, 6.07) is 33.8. The SMILES string of the molecule is CCCC1(CC2=Cc3c(-c4ccc([Si](C)(C)C)cc4)cccc3[CH]2[Zr]([Cl])([Cl])([CH]2C(CC3(CCC)CCCCC3)=Cc3c(-c4ccc([Si](C)(C)C)cc4)cccc32)[SiH](C)C)CCCCC1. The van der Waals surface area contributed by atoms with Crippen molar-refractivity contribution in [1.29, 1.82) is 0 Å². The zero-order chi connectivity index (χ0) is 45.7. The van der Waals surface area contributed by atoms with E-state index in [2.05, 4.69) is 163 Å². The van der Waals surface area contributed by atoms with Gasteiger partial charge in [-0.25, -0.2) is 0 Å². The quantitative estimate of drug-likeness (QED) is 0.104. The Labute approximate surface area is 401 Å². The van der Waals surface area contributed by atoms with E-state index in [9.17, 15) is 17.0 Å². The Morgan fingerprint density at radius 1 is 0.531 bits per heavy atom. The molecule has 2 unspecified atom stereocenters. The van der Waals surface area contributed by atoms with E-state index in [4.69, 9.17) is 0 Å². The van der Waals surface area contributed by atoms with Crippen molar-refractivity contribution in [2.24, 2.45) is 10.8 Å². The number of rotatable bonds is 15. The molecular weight excluding hydrogens is 943 g/mol. The van der Waals surface area contributed by atoms with E-state index in [0.717, 1.165) is 12.8 Å². The molecule has 64 heavy (non-hydrogen) atoms. The average molecular weight is 1020 g/mol. The first-order valence-electron chi connectivity index (χ1n) is 25.8. The fourth-order valence-electron chi connectivity index (χ4n) is 13.7. The van der Waals surface area contributed by atoms with Gasteiger partial charge in [0, 0.05) is 0 Å². The summed E-state index contributed by atoms with van der Waals surface area (Å²) in [5.41, 5.74) is 14.9. The number of allylic oxidation sites excluding steroid dienone is 2. The molecule has 8 rings (SSSR count). The predicted molar refractivity (Wildman–Crippen MR) is 292 cm³/mol. The summed E-state index contributed by atoms with van der Waals surface area (Å²) in [6.07, 6.45) is 26.2. The van der Waals surface area contributed by atoms with Crippen molar-refractivity contribution >= 4 is 61.6 Å². The minimum absolute atomic E-state index is 0.107. The maximum atomic E-state index is 9.37. The van der Waals surface area contributed by atoms with Gasteiger partial charge < -0.3 is 0 Å². The van der Waals surface area contributed by atoms with E-state index in [-0.39, 0.29) is 7.25 Å². The Morgan fingerprint density at radius 2 is 0.891 bits per heavy atom. The molecule has 0 bridgehead atoms. The van der Waals surface area contributed by atoms with Gasteiger partial charge in [0.25, 0.3) is 0 Å². The molecule has 0 heterocycles. The Bertz CT molecular complexity index is 2190. The molecule has 4 aliphatic rings. The van der Waals surface area contributed by atoms with Gasteiger partial charge >= 0.3 is 405 Å². The molecule has 0 radical (unpaired) electrons. The van der Waals surface area contributed by atoms with Crippen LogP contribution in [0.3, 0.4) is 0 Å². The third kappa shape index (κ3) is 9.20. The van der Waals surface area contributed by atoms with E-state index in [1.54, 1.807) is 11.1 Å². The third-order valence-corrected chi connectivity index (χ3v) is 73.2. The van der Waals surface area contributed by atoms with Crippen LogP contribution < -0.4 is 10.4 Å². The molecule has 0 aromatic heterocycles. The van der Waals surface area contributed by atoms with Crippen molar-refractivity contribution in [3.63, 3.8) is 0 Å². The molecule has 6 heteroatoms.